The Balaban J connectivity index is 1.71. The number of hydrogen-bond donors (Lipinski definition) is 1. The molecule has 9 heteroatoms. The molecule has 2 heterocycles. The molecule has 1 aliphatic heterocycles. The van der Waals surface area contributed by atoms with E-state index < -0.39 is 6.04 Å². The van der Waals surface area contributed by atoms with Crippen molar-refractivity contribution in [3.05, 3.63) is 36.2 Å². The van der Waals surface area contributed by atoms with Crippen molar-refractivity contribution in [2.75, 3.05) is 57.6 Å². The predicted octanol–water partition coefficient (Wildman–Crippen LogP) is 0.955. The molecule has 1 aromatic heterocycles. The number of amides is 2. The van der Waals surface area contributed by atoms with E-state index in [1.165, 1.54) is 0 Å². The lowest BCUT2D eigenvalue weighted by atomic mass is 10.1. The predicted molar refractivity (Wildman–Crippen MR) is 116 cm³/mol. The molecule has 0 spiro atoms. The highest BCUT2D eigenvalue weighted by Crippen LogP contribution is 2.23. The number of ether oxygens (including phenoxy) is 1. The first-order valence-electron chi connectivity index (χ1n) is 9.92. The van der Waals surface area contributed by atoms with E-state index in [2.05, 4.69) is 15.3 Å². The van der Waals surface area contributed by atoms with Gasteiger partial charge in [-0.3, -0.25) is 19.2 Å². The summed E-state index contributed by atoms with van der Waals surface area (Å²) in [4.78, 5) is 31.2. The van der Waals surface area contributed by atoms with Crippen LogP contribution in [0.15, 0.2) is 30.5 Å². The van der Waals surface area contributed by atoms with E-state index in [1.54, 1.807) is 37.0 Å². The maximum atomic E-state index is 12.9. The average molecular weight is 415 g/mol. The zero-order valence-corrected chi connectivity index (χ0v) is 18.3. The van der Waals surface area contributed by atoms with Gasteiger partial charge in [0.15, 0.2) is 0 Å². The number of nitrogens with zero attached hydrogens (tertiary/aromatic N) is 5. The first-order chi connectivity index (χ1) is 14.3. The third kappa shape index (κ3) is 4.91. The first-order valence-corrected chi connectivity index (χ1v) is 9.92. The second kappa shape index (κ2) is 9.17. The molecule has 1 saturated heterocycles. The number of methoxy groups -OCH3 is 1. The molecule has 30 heavy (non-hydrogen) atoms. The largest absolute Gasteiger partial charge is 0.497 e. The fraction of sp³-hybridized carbons (Fsp3) is 0.476. The minimum atomic E-state index is -0.406. The molecule has 0 saturated carbocycles. The van der Waals surface area contributed by atoms with Crippen LogP contribution in [0.5, 0.6) is 5.75 Å². The van der Waals surface area contributed by atoms with Crippen LogP contribution >= 0.6 is 0 Å². The van der Waals surface area contributed by atoms with Gasteiger partial charge in [-0.15, -0.1) is 0 Å². The number of benzene rings is 1. The van der Waals surface area contributed by atoms with Gasteiger partial charge in [0, 0.05) is 52.7 Å². The Morgan fingerprint density at radius 3 is 2.50 bits per heavy atom. The van der Waals surface area contributed by atoms with Gasteiger partial charge in [0.2, 0.25) is 11.8 Å². The smallest absolute Gasteiger partial charge is 0.241 e. The van der Waals surface area contributed by atoms with Crippen molar-refractivity contribution in [1.29, 1.82) is 0 Å². The van der Waals surface area contributed by atoms with Gasteiger partial charge in [0.25, 0.3) is 0 Å². The number of hydrogen-bond acceptors (Lipinski definition) is 6. The van der Waals surface area contributed by atoms with Crippen molar-refractivity contribution in [2.45, 2.75) is 13.0 Å². The Labute approximate surface area is 177 Å². The molecule has 2 amide bonds. The van der Waals surface area contributed by atoms with Crippen molar-refractivity contribution in [2.24, 2.45) is 7.05 Å². The van der Waals surface area contributed by atoms with E-state index in [1.807, 2.05) is 43.1 Å². The minimum Gasteiger partial charge on any atom is -0.497 e. The standard InChI is InChI=1S/C21H30N6O3/c1-15-18(12-25(4)23-15)22-20(28)14-27-11-10-26(13-19(27)21(29)24(2)3)16-6-8-17(30-5)9-7-16/h6-9,12,19H,10-11,13-14H2,1-5H3,(H,22,28)/t19-/m1/s1. The van der Waals surface area contributed by atoms with Crippen molar-refractivity contribution in [1.82, 2.24) is 19.6 Å². The van der Waals surface area contributed by atoms with Crippen LogP contribution in [0.1, 0.15) is 5.69 Å². The molecule has 1 N–H and O–H groups in total. The van der Waals surface area contributed by atoms with Crippen LogP contribution in [0.3, 0.4) is 0 Å². The molecule has 3 rings (SSSR count). The topological polar surface area (TPSA) is 82.9 Å². The lowest BCUT2D eigenvalue weighted by molar-refractivity contribution is -0.135. The summed E-state index contributed by atoms with van der Waals surface area (Å²) in [6.07, 6.45) is 1.78. The third-order valence-electron chi connectivity index (χ3n) is 5.29. The Morgan fingerprint density at radius 2 is 1.93 bits per heavy atom. The highest BCUT2D eigenvalue weighted by Gasteiger charge is 2.34. The second-order valence-electron chi connectivity index (χ2n) is 7.71. The van der Waals surface area contributed by atoms with E-state index >= 15 is 0 Å². The number of rotatable bonds is 6. The number of likely N-dealkylation sites (N-methyl/N-ethyl adjacent to an activating group) is 1. The van der Waals surface area contributed by atoms with Crippen LogP contribution in [0, 0.1) is 6.92 Å². The Morgan fingerprint density at radius 1 is 1.23 bits per heavy atom. The molecule has 1 fully saturated rings. The summed E-state index contributed by atoms with van der Waals surface area (Å²) in [5, 5.41) is 7.15. The maximum absolute atomic E-state index is 12.9. The monoisotopic (exact) mass is 414 g/mol. The summed E-state index contributed by atoms with van der Waals surface area (Å²) in [5.74, 6) is 0.625. The van der Waals surface area contributed by atoms with E-state index in [0.717, 1.165) is 23.7 Å². The summed E-state index contributed by atoms with van der Waals surface area (Å²) in [6, 6.07) is 7.40. The van der Waals surface area contributed by atoms with E-state index in [9.17, 15) is 9.59 Å². The number of piperazine rings is 1. The van der Waals surface area contributed by atoms with Crippen LogP contribution < -0.4 is 15.0 Å². The van der Waals surface area contributed by atoms with Crippen molar-refractivity contribution in [3.63, 3.8) is 0 Å². The van der Waals surface area contributed by atoms with Crippen molar-refractivity contribution < 1.29 is 14.3 Å². The zero-order valence-electron chi connectivity index (χ0n) is 18.3. The van der Waals surface area contributed by atoms with Gasteiger partial charge in [-0.05, 0) is 31.2 Å². The van der Waals surface area contributed by atoms with Crippen LogP contribution in [0.2, 0.25) is 0 Å². The molecule has 1 aromatic carbocycles. The number of anilines is 2. The van der Waals surface area contributed by atoms with Crippen LogP contribution in [-0.2, 0) is 16.6 Å². The number of aromatic nitrogens is 2. The third-order valence-corrected chi connectivity index (χ3v) is 5.29. The summed E-state index contributed by atoms with van der Waals surface area (Å²) in [6.45, 7) is 3.84. The summed E-state index contributed by atoms with van der Waals surface area (Å²) in [7, 11) is 6.93. The Hall–Kier alpha value is -3.07. The molecule has 0 radical (unpaired) electrons. The van der Waals surface area contributed by atoms with Gasteiger partial charge in [0.1, 0.15) is 11.8 Å². The van der Waals surface area contributed by atoms with E-state index in [-0.39, 0.29) is 18.4 Å². The molecular weight excluding hydrogens is 384 g/mol. The van der Waals surface area contributed by atoms with Gasteiger partial charge in [-0.25, -0.2) is 0 Å². The molecule has 9 nitrogen and oxygen atoms in total. The minimum absolute atomic E-state index is 0.0152. The highest BCUT2D eigenvalue weighted by atomic mass is 16.5. The van der Waals surface area contributed by atoms with E-state index in [4.69, 9.17) is 4.74 Å². The van der Waals surface area contributed by atoms with Crippen LogP contribution in [-0.4, -0.2) is 84.8 Å². The molecule has 162 valence electrons. The number of aryl methyl sites for hydroxylation is 2. The molecule has 0 bridgehead atoms. The van der Waals surface area contributed by atoms with Crippen molar-refractivity contribution in [3.8, 4) is 5.75 Å². The summed E-state index contributed by atoms with van der Waals surface area (Å²) < 4.78 is 6.89. The molecular formula is C21H30N6O3. The maximum Gasteiger partial charge on any atom is 0.241 e. The van der Waals surface area contributed by atoms with Crippen LogP contribution in [0.25, 0.3) is 0 Å². The first kappa shape index (κ1) is 21.6. The van der Waals surface area contributed by atoms with Gasteiger partial charge in [0.05, 0.1) is 25.0 Å². The highest BCUT2D eigenvalue weighted by molar-refractivity contribution is 5.93. The van der Waals surface area contributed by atoms with Crippen molar-refractivity contribution >= 4 is 23.2 Å². The molecule has 1 atom stereocenters. The fourth-order valence-corrected chi connectivity index (χ4v) is 3.67. The fourth-order valence-electron chi connectivity index (χ4n) is 3.67. The summed E-state index contributed by atoms with van der Waals surface area (Å²) >= 11 is 0. The second-order valence-corrected chi connectivity index (χ2v) is 7.71. The lowest BCUT2D eigenvalue weighted by Crippen LogP contribution is -2.60. The number of carbonyl (C=O) groups excluding carboxylic acids is 2. The average Bonchev–Trinajstić information content (AvgIpc) is 3.04. The SMILES string of the molecule is COc1ccc(N2CCN(CC(=O)Nc3cn(C)nc3C)[C@@H](C(=O)N(C)C)C2)cc1. The van der Waals surface area contributed by atoms with Gasteiger partial charge in [-0.2, -0.15) is 5.10 Å². The van der Waals surface area contributed by atoms with E-state index in [0.29, 0.717) is 18.8 Å². The van der Waals surface area contributed by atoms with Gasteiger partial charge < -0.3 is 19.9 Å². The lowest BCUT2D eigenvalue weighted by Gasteiger charge is -2.42. The molecule has 1 aliphatic rings. The Bertz CT molecular complexity index is 893. The van der Waals surface area contributed by atoms with Crippen LogP contribution in [0.4, 0.5) is 11.4 Å². The summed E-state index contributed by atoms with van der Waals surface area (Å²) in [5.41, 5.74) is 2.48. The van der Waals surface area contributed by atoms with Gasteiger partial charge >= 0.3 is 0 Å². The molecule has 0 aliphatic carbocycles. The molecule has 2 aromatic rings. The Kier molecular flexibility index (Phi) is 6.61. The normalized spacial score (nSPS) is 17.0. The zero-order chi connectivity index (χ0) is 21.8. The number of nitrogens with one attached hydrogen (secondary N) is 1. The van der Waals surface area contributed by atoms with Gasteiger partial charge in [-0.1, -0.05) is 0 Å². The molecule has 0 unspecified atom stereocenters. The number of carbonyl (C=O) groups is 2. The quantitative estimate of drug-likeness (QED) is 0.758.